The number of hydrogen-bond acceptors (Lipinski definition) is 1. The zero-order valence-electron chi connectivity index (χ0n) is 4.89. The second kappa shape index (κ2) is 4.53. The molecule has 1 nitrogen and oxygen atoms in total. The highest BCUT2D eigenvalue weighted by molar-refractivity contribution is 5.05. The Kier molecular flexibility index (Phi) is 4.17. The molecular formula is C6H10FN. The minimum absolute atomic E-state index is 0.199. The van der Waals surface area contributed by atoms with Gasteiger partial charge in [0, 0.05) is 6.54 Å². The molecular weight excluding hydrogens is 105 g/mol. The zero-order chi connectivity index (χ0) is 6.41. The molecule has 0 aromatic heterocycles. The van der Waals surface area contributed by atoms with Gasteiger partial charge in [-0.25, -0.2) is 4.39 Å². The minimum atomic E-state index is -0.199. The van der Waals surface area contributed by atoms with Crippen molar-refractivity contribution in [1.82, 2.24) is 0 Å². The number of halogens is 1. The first-order valence-corrected chi connectivity index (χ1v) is 2.46. The molecule has 0 atom stereocenters. The lowest BCUT2D eigenvalue weighted by molar-refractivity contribution is 0.640. The van der Waals surface area contributed by atoms with Crippen LogP contribution in [0.2, 0.25) is 0 Å². The largest absolute Gasteiger partial charge is 0.327 e. The van der Waals surface area contributed by atoms with Crippen molar-refractivity contribution in [3.05, 3.63) is 24.1 Å². The molecule has 0 aliphatic carbocycles. The van der Waals surface area contributed by atoms with Gasteiger partial charge in [-0.05, 0) is 13.0 Å². The summed E-state index contributed by atoms with van der Waals surface area (Å²) in [6, 6.07) is 0. The van der Waals surface area contributed by atoms with E-state index in [0.29, 0.717) is 6.54 Å². The molecule has 0 heterocycles. The lowest BCUT2D eigenvalue weighted by atomic mass is 10.4. The molecule has 0 unspecified atom stereocenters. The fourth-order valence-electron chi connectivity index (χ4n) is 0.279. The van der Waals surface area contributed by atoms with Crippen molar-refractivity contribution in [1.29, 1.82) is 0 Å². The van der Waals surface area contributed by atoms with Gasteiger partial charge in [0.05, 0.1) is 5.83 Å². The lowest BCUT2D eigenvalue weighted by Gasteiger charge is -1.76. The quantitative estimate of drug-likeness (QED) is 0.540. The van der Waals surface area contributed by atoms with Crippen molar-refractivity contribution in [3.8, 4) is 0 Å². The van der Waals surface area contributed by atoms with E-state index in [1.165, 1.54) is 13.0 Å². The maximum absolute atomic E-state index is 11.8. The molecule has 2 N–H and O–H groups in total. The van der Waals surface area contributed by atoms with Gasteiger partial charge in [-0.2, -0.15) is 0 Å². The standard InChI is InChI=1S/C6H10FN/c1-6(7)4-2-3-5-8/h2-4H,5,8H2,1H3/b3-2-,6-4+. The third-order valence-electron chi connectivity index (χ3n) is 0.598. The average molecular weight is 115 g/mol. The number of rotatable bonds is 2. The first kappa shape index (κ1) is 7.37. The predicted octanol–water partition coefficient (Wildman–Crippen LogP) is 1.37. The maximum Gasteiger partial charge on any atom is 0.0968 e. The van der Waals surface area contributed by atoms with Crippen molar-refractivity contribution < 1.29 is 4.39 Å². The minimum Gasteiger partial charge on any atom is -0.327 e. The molecule has 0 aromatic rings. The van der Waals surface area contributed by atoms with Crippen LogP contribution in [0.4, 0.5) is 4.39 Å². The summed E-state index contributed by atoms with van der Waals surface area (Å²) in [6.07, 6.45) is 4.64. The van der Waals surface area contributed by atoms with Crippen LogP contribution in [0.15, 0.2) is 24.1 Å². The fourth-order valence-corrected chi connectivity index (χ4v) is 0.279. The number of nitrogens with two attached hydrogens (primary N) is 1. The maximum atomic E-state index is 11.8. The number of hydrogen-bond donors (Lipinski definition) is 1. The first-order chi connectivity index (χ1) is 3.77. The van der Waals surface area contributed by atoms with Gasteiger partial charge >= 0.3 is 0 Å². The molecule has 46 valence electrons. The Morgan fingerprint density at radius 3 is 2.75 bits per heavy atom. The monoisotopic (exact) mass is 115 g/mol. The smallest absolute Gasteiger partial charge is 0.0968 e. The molecule has 0 rings (SSSR count). The predicted molar refractivity (Wildman–Crippen MR) is 33.1 cm³/mol. The van der Waals surface area contributed by atoms with Crippen LogP contribution in [0.25, 0.3) is 0 Å². The second-order valence-electron chi connectivity index (χ2n) is 1.42. The van der Waals surface area contributed by atoms with E-state index in [2.05, 4.69) is 0 Å². The summed E-state index contributed by atoms with van der Waals surface area (Å²) in [4.78, 5) is 0. The number of allylic oxidation sites excluding steroid dienone is 3. The third-order valence-corrected chi connectivity index (χ3v) is 0.598. The highest BCUT2D eigenvalue weighted by Gasteiger charge is 1.72. The average Bonchev–Trinajstić information content (AvgIpc) is 1.66. The summed E-state index contributed by atoms with van der Waals surface area (Å²) in [5, 5.41) is 0. The van der Waals surface area contributed by atoms with E-state index in [9.17, 15) is 4.39 Å². The molecule has 0 aromatic carbocycles. The summed E-state index contributed by atoms with van der Waals surface area (Å²) >= 11 is 0. The molecule has 0 saturated carbocycles. The van der Waals surface area contributed by atoms with Gasteiger partial charge in [0.25, 0.3) is 0 Å². The van der Waals surface area contributed by atoms with Crippen LogP contribution in [0, 0.1) is 0 Å². The van der Waals surface area contributed by atoms with Gasteiger partial charge in [0.2, 0.25) is 0 Å². The van der Waals surface area contributed by atoms with E-state index in [1.54, 1.807) is 12.2 Å². The molecule has 0 spiro atoms. The Labute approximate surface area is 48.7 Å². The Morgan fingerprint density at radius 2 is 2.38 bits per heavy atom. The topological polar surface area (TPSA) is 26.0 Å². The Balaban J connectivity index is 3.42. The van der Waals surface area contributed by atoms with Crippen molar-refractivity contribution in [2.45, 2.75) is 6.92 Å². The van der Waals surface area contributed by atoms with Crippen LogP contribution in [0.3, 0.4) is 0 Å². The Hall–Kier alpha value is -0.630. The summed E-state index contributed by atoms with van der Waals surface area (Å²) in [6.45, 7) is 1.85. The molecule has 0 aliphatic rings. The Bertz CT molecular complexity index is 101. The lowest BCUT2D eigenvalue weighted by Crippen LogP contribution is -1.91. The van der Waals surface area contributed by atoms with E-state index in [1.807, 2.05) is 0 Å². The van der Waals surface area contributed by atoms with Crippen molar-refractivity contribution in [3.63, 3.8) is 0 Å². The van der Waals surface area contributed by atoms with Crippen LogP contribution in [-0.4, -0.2) is 6.54 Å². The van der Waals surface area contributed by atoms with E-state index >= 15 is 0 Å². The third kappa shape index (κ3) is 5.37. The van der Waals surface area contributed by atoms with Crippen molar-refractivity contribution in [2.75, 3.05) is 6.54 Å². The molecule has 0 amide bonds. The summed E-state index contributed by atoms with van der Waals surface area (Å²) < 4.78 is 11.8. The highest BCUT2D eigenvalue weighted by atomic mass is 19.1. The summed E-state index contributed by atoms with van der Waals surface area (Å²) in [7, 11) is 0. The molecule has 8 heavy (non-hydrogen) atoms. The van der Waals surface area contributed by atoms with E-state index < -0.39 is 0 Å². The SMILES string of the molecule is C/C(F)=C\C=C/CN. The molecule has 0 aliphatic heterocycles. The van der Waals surface area contributed by atoms with Gasteiger partial charge < -0.3 is 5.73 Å². The first-order valence-electron chi connectivity index (χ1n) is 2.46. The van der Waals surface area contributed by atoms with Gasteiger partial charge in [0.1, 0.15) is 0 Å². The van der Waals surface area contributed by atoms with Crippen LogP contribution < -0.4 is 5.73 Å². The van der Waals surface area contributed by atoms with Crippen LogP contribution in [0.5, 0.6) is 0 Å². The van der Waals surface area contributed by atoms with Gasteiger partial charge in [-0.15, -0.1) is 0 Å². The Morgan fingerprint density at radius 1 is 1.75 bits per heavy atom. The van der Waals surface area contributed by atoms with Gasteiger partial charge in [-0.3, -0.25) is 0 Å². The molecule has 0 saturated heterocycles. The fraction of sp³-hybridized carbons (Fsp3) is 0.333. The summed E-state index contributed by atoms with van der Waals surface area (Å²) in [5.41, 5.74) is 5.08. The van der Waals surface area contributed by atoms with Crippen molar-refractivity contribution in [2.24, 2.45) is 5.73 Å². The molecule has 0 radical (unpaired) electrons. The second-order valence-corrected chi connectivity index (χ2v) is 1.42. The normalized spacial score (nSPS) is 13.1. The highest BCUT2D eigenvalue weighted by Crippen LogP contribution is 1.91. The molecule has 0 bridgehead atoms. The molecule has 0 fully saturated rings. The van der Waals surface area contributed by atoms with Crippen molar-refractivity contribution >= 4 is 0 Å². The van der Waals surface area contributed by atoms with Gasteiger partial charge in [-0.1, -0.05) is 12.2 Å². The molecule has 2 heteroatoms. The van der Waals surface area contributed by atoms with E-state index in [-0.39, 0.29) is 5.83 Å². The van der Waals surface area contributed by atoms with Crippen LogP contribution in [-0.2, 0) is 0 Å². The summed E-state index contributed by atoms with van der Waals surface area (Å²) in [5.74, 6) is -0.199. The van der Waals surface area contributed by atoms with Gasteiger partial charge in [0.15, 0.2) is 0 Å². The van der Waals surface area contributed by atoms with Crippen LogP contribution in [0.1, 0.15) is 6.92 Å². The van der Waals surface area contributed by atoms with E-state index in [4.69, 9.17) is 5.73 Å². The van der Waals surface area contributed by atoms with E-state index in [0.717, 1.165) is 0 Å². The van der Waals surface area contributed by atoms with Crippen LogP contribution >= 0.6 is 0 Å². The zero-order valence-corrected chi connectivity index (χ0v) is 4.89.